The molecule has 72 valence electrons. The molecular weight excluding hydrogens is 167 g/mol. The molecule has 3 heteroatoms. The number of alkyl halides is 1. The maximum absolute atomic E-state index is 11.8. The number of benzene rings is 1. The van der Waals surface area contributed by atoms with Gasteiger partial charge in [-0.25, -0.2) is 0 Å². The minimum absolute atomic E-state index is 0.274. The van der Waals surface area contributed by atoms with E-state index in [9.17, 15) is 4.39 Å². The standard InChI is InChI=1S/C10H15FN2/c11-5-2-6-13-10-4-1-3-9(7-10)8-12/h1,3-4,7,13H,2,5-6,8,12H2. The largest absolute Gasteiger partial charge is 0.385 e. The van der Waals surface area contributed by atoms with E-state index >= 15 is 0 Å². The van der Waals surface area contributed by atoms with Crippen molar-refractivity contribution in [2.24, 2.45) is 5.73 Å². The van der Waals surface area contributed by atoms with Crippen LogP contribution in [0.5, 0.6) is 0 Å². The Morgan fingerprint density at radius 3 is 2.92 bits per heavy atom. The summed E-state index contributed by atoms with van der Waals surface area (Å²) >= 11 is 0. The summed E-state index contributed by atoms with van der Waals surface area (Å²) in [7, 11) is 0. The van der Waals surface area contributed by atoms with Crippen molar-refractivity contribution < 1.29 is 4.39 Å². The number of hydrogen-bond acceptors (Lipinski definition) is 2. The third-order valence-corrected chi connectivity index (χ3v) is 1.80. The molecule has 1 rings (SSSR count). The molecule has 0 unspecified atom stereocenters. The van der Waals surface area contributed by atoms with Gasteiger partial charge in [0, 0.05) is 18.8 Å². The van der Waals surface area contributed by atoms with Crippen molar-refractivity contribution in [3.8, 4) is 0 Å². The molecule has 0 saturated heterocycles. The molecule has 0 fully saturated rings. The minimum atomic E-state index is -0.274. The lowest BCUT2D eigenvalue weighted by Crippen LogP contribution is -2.03. The quantitative estimate of drug-likeness (QED) is 0.683. The summed E-state index contributed by atoms with van der Waals surface area (Å²) in [6, 6.07) is 7.86. The van der Waals surface area contributed by atoms with Gasteiger partial charge in [0.25, 0.3) is 0 Å². The number of halogens is 1. The van der Waals surface area contributed by atoms with Gasteiger partial charge in [0.15, 0.2) is 0 Å². The van der Waals surface area contributed by atoms with Crippen LogP contribution in [0.25, 0.3) is 0 Å². The van der Waals surface area contributed by atoms with Crippen LogP contribution in [-0.2, 0) is 6.54 Å². The van der Waals surface area contributed by atoms with Crippen molar-refractivity contribution in [2.75, 3.05) is 18.5 Å². The van der Waals surface area contributed by atoms with Gasteiger partial charge in [0.05, 0.1) is 6.67 Å². The van der Waals surface area contributed by atoms with Crippen LogP contribution < -0.4 is 11.1 Å². The molecule has 0 spiro atoms. The van der Waals surface area contributed by atoms with Gasteiger partial charge in [0.2, 0.25) is 0 Å². The number of hydrogen-bond donors (Lipinski definition) is 2. The van der Waals surface area contributed by atoms with Crippen LogP contribution in [0.15, 0.2) is 24.3 Å². The van der Waals surface area contributed by atoms with E-state index in [1.54, 1.807) is 0 Å². The number of rotatable bonds is 5. The molecule has 0 heterocycles. The highest BCUT2D eigenvalue weighted by Crippen LogP contribution is 2.09. The summed E-state index contributed by atoms with van der Waals surface area (Å²) in [6.45, 7) is 0.937. The Morgan fingerprint density at radius 2 is 2.23 bits per heavy atom. The van der Waals surface area contributed by atoms with E-state index < -0.39 is 0 Å². The summed E-state index contributed by atoms with van der Waals surface area (Å²) in [5.41, 5.74) is 7.58. The highest BCUT2D eigenvalue weighted by molar-refractivity contribution is 5.45. The molecule has 0 radical (unpaired) electrons. The van der Waals surface area contributed by atoms with E-state index in [2.05, 4.69) is 5.32 Å². The highest BCUT2D eigenvalue weighted by Gasteiger charge is 1.93. The van der Waals surface area contributed by atoms with E-state index in [0.717, 1.165) is 11.3 Å². The summed E-state index contributed by atoms with van der Waals surface area (Å²) in [5, 5.41) is 3.12. The van der Waals surface area contributed by atoms with Crippen molar-refractivity contribution in [3.05, 3.63) is 29.8 Å². The van der Waals surface area contributed by atoms with Gasteiger partial charge < -0.3 is 11.1 Å². The smallest absolute Gasteiger partial charge is 0.0911 e. The maximum atomic E-state index is 11.8. The SMILES string of the molecule is NCc1cccc(NCCCF)c1. The number of nitrogens with two attached hydrogens (primary N) is 1. The third kappa shape index (κ3) is 3.42. The minimum Gasteiger partial charge on any atom is -0.385 e. The van der Waals surface area contributed by atoms with E-state index in [1.165, 1.54) is 0 Å². The zero-order valence-electron chi connectivity index (χ0n) is 7.59. The summed E-state index contributed by atoms with van der Waals surface area (Å²) in [6.07, 6.45) is 0.548. The fraction of sp³-hybridized carbons (Fsp3) is 0.400. The predicted octanol–water partition coefficient (Wildman–Crippen LogP) is 1.92. The highest BCUT2D eigenvalue weighted by atomic mass is 19.1. The molecule has 1 aromatic rings. The normalized spacial score (nSPS) is 10.0. The lowest BCUT2D eigenvalue weighted by molar-refractivity contribution is 0.481. The first-order chi connectivity index (χ1) is 6.36. The first-order valence-corrected chi connectivity index (χ1v) is 4.45. The van der Waals surface area contributed by atoms with Gasteiger partial charge in [0.1, 0.15) is 0 Å². The summed E-state index contributed by atoms with van der Waals surface area (Å²) in [4.78, 5) is 0. The average molecular weight is 182 g/mol. The third-order valence-electron chi connectivity index (χ3n) is 1.80. The molecule has 3 N–H and O–H groups in total. The van der Waals surface area contributed by atoms with Gasteiger partial charge in [-0.05, 0) is 24.1 Å². The van der Waals surface area contributed by atoms with Crippen LogP contribution in [0.3, 0.4) is 0 Å². The number of anilines is 1. The first kappa shape index (κ1) is 9.99. The Kier molecular flexibility index (Phi) is 4.26. The van der Waals surface area contributed by atoms with Crippen LogP contribution in [-0.4, -0.2) is 13.2 Å². The van der Waals surface area contributed by atoms with Crippen molar-refractivity contribution in [3.63, 3.8) is 0 Å². The fourth-order valence-electron chi connectivity index (χ4n) is 1.11. The van der Waals surface area contributed by atoms with Crippen molar-refractivity contribution in [1.29, 1.82) is 0 Å². The van der Waals surface area contributed by atoms with E-state index in [-0.39, 0.29) is 6.67 Å². The van der Waals surface area contributed by atoms with Crippen LogP contribution in [0.2, 0.25) is 0 Å². The molecule has 0 aliphatic rings. The Balaban J connectivity index is 2.46. The molecule has 0 aliphatic carbocycles. The Morgan fingerprint density at radius 1 is 1.38 bits per heavy atom. The lowest BCUT2D eigenvalue weighted by Gasteiger charge is -2.05. The van der Waals surface area contributed by atoms with Gasteiger partial charge in [-0.1, -0.05) is 12.1 Å². The molecule has 0 saturated carbocycles. The lowest BCUT2D eigenvalue weighted by atomic mass is 10.2. The molecule has 1 aromatic carbocycles. The molecular formula is C10H15FN2. The molecule has 0 atom stereocenters. The van der Waals surface area contributed by atoms with Crippen LogP contribution in [0.4, 0.5) is 10.1 Å². The van der Waals surface area contributed by atoms with Crippen molar-refractivity contribution in [1.82, 2.24) is 0 Å². The van der Waals surface area contributed by atoms with E-state index in [0.29, 0.717) is 19.5 Å². The van der Waals surface area contributed by atoms with Crippen molar-refractivity contribution in [2.45, 2.75) is 13.0 Å². The second-order valence-corrected chi connectivity index (χ2v) is 2.87. The molecule has 0 aromatic heterocycles. The molecule has 0 bridgehead atoms. The monoisotopic (exact) mass is 182 g/mol. The maximum Gasteiger partial charge on any atom is 0.0911 e. The molecule has 13 heavy (non-hydrogen) atoms. The Bertz CT molecular complexity index is 250. The topological polar surface area (TPSA) is 38.0 Å². The van der Waals surface area contributed by atoms with Crippen LogP contribution in [0.1, 0.15) is 12.0 Å². The zero-order chi connectivity index (χ0) is 9.52. The number of nitrogens with one attached hydrogen (secondary N) is 1. The second-order valence-electron chi connectivity index (χ2n) is 2.87. The summed E-state index contributed by atoms with van der Waals surface area (Å²) < 4.78 is 11.8. The van der Waals surface area contributed by atoms with Crippen LogP contribution >= 0.6 is 0 Å². The molecule has 0 aliphatic heterocycles. The second kappa shape index (κ2) is 5.54. The average Bonchev–Trinajstić information content (AvgIpc) is 2.19. The van der Waals surface area contributed by atoms with Gasteiger partial charge >= 0.3 is 0 Å². The fourth-order valence-corrected chi connectivity index (χ4v) is 1.11. The summed E-state index contributed by atoms with van der Waals surface area (Å²) in [5.74, 6) is 0. The predicted molar refractivity (Wildman–Crippen MR) is 53.4 cm³/mol. The Hall–Kier alpha value is -1.09. The van der Waals surface area contributed by atoms with Crippen molar-refractivity contribution >= 4 is 5.69 Å². The molecule has 0 amide bonds. The molecule has 2 nitrogen and oxygen atoms in total. The van der Waals surface area contributed by atoms with Crippen LogP contribution in [0, 0.1) is 0 Å². The first-order valence-electron chi connectivity index (χ1n) is 4.45. The Labute approximate surface area is 77.9 Å². The van der Waals surface area contributed by atoms with Gasteiger partial charge in [-0.15, -0.1) is 0 Å². The van der Waals surface area contributed by atoms with Gasteiger partial charge in [-0.2, -0.15) is 0 Å². The van der Waals surface area contributed by atoms with E-state index in [4.69, 9.17) is 5.73 Å². The zero-order valence-corrected chi connectivity index (χ0v) is 7.59. The van der Waals surface area contributed by atoms with Gasteiger partial charge in [-0.3, -0.25) is 4.39 Å². The van der Waals surface area contributed by atoms with E-state index in [1.807, 2.05) is 24.3 Å².